The zero-order chi connectivity index (χ0) is 48.1. The predicted octanol–water partition coefficient (Wildman–Crippen LogP) is 5.23. The molecule has 6 heterocycles. The number of rotatable bonds is 10. The molecule has 6 aliphatic rings. The molecule has 5 aliphatic heterocycles. The lowest BCUT2D eigenvalue weighted by Gasteiger charge is -2.63. The van der Waals surface area contributed by atoms with Crippen LogP contribution in [0.5, 0.6) is 5.75 Å². The van der Waals surface area contributed by atoms with Gasteiger partial charge in [0, 0.05) is 102 Å². The number of carbonyl (C=O) groups is 3. The number of carbonyl (C=O) groups excluding carboxylic acids is 3. The standard InChI is InChI=1S/C53H65N5O10/c1-8-49(63)26-33-27-52(47(61)66-6,43-36(17-21-57(28-33)30-49)37-23-35(15-16-40(37)55-43)54-34-13-11-32(29-59)12-14-34)39-24-38-41(25-42(39)65-5)56(4)45-51(38)19-22-58-20-10-18-50(9-2,44(51)58)46(68-31(3)60)53(45,64)48(62)67-7/h10-16,18,23-25,33,44-46,54-55,59,63-64H,8-9,17,19-22,26-30H2,1-7H3/t33-,44+,45-,46-,49+,50-,51-,52+,53+/m1/s1. The number of aromatic amines is 1. The normalized spacial score (nSPS) is 33.6. The zero-order valence-electron chi connectivity index (χ0n) is 40.2. The van der Waals surface area contributed by atoms with Gasteiger partial charge in [0.1, 0.15) is 11.2 Å². The van der Waals surface area contributed by atoms with Gasteiger partial charge in [-0.1, -0.05) is 38.1 Å². The Morgan fingerprint density at radius 2 is 1.65 bits per heavy atom. The van der Waals surface area contributed by atoms with Crippen LogP contribution in [0.15, 0.2) is 66.7 Å². The third kappa shape index (κ3) is 6.44. The molecule has 4 aromatic rings. The summed E-state index contributed by atoms with van der Waals surface area (Å²) in [6.07, 6.45) is 5.65. The molecule has 15 nitrogen and oxygen atoms in total. The fourth-order valence-corrected chi connectivity index (χ4v) is 14.5. The van der Waals surface area contributed by atoms with Gasteiger partial charge in [0.25, 0.3) is 0 Å². The number of nitrogens with one attached hydrogen (secondary N) is 2. The number of benzene rings is 3. The van der Waals surface area contributed by atoms with E-state index in [0.717, 1.165) is 44.7 Å². The lowest BCUT2D eigenvalue weighted by atomic mass is 9.47. The SMILES string of the molecule is CC[C@]1(O)C[C@H]2CN(CCc3c([nH]c4ccc(Nc5ccc(CO)cc5)cc34)[C@@](C(=O)OC)(c3cc4c(cc3OC)N(C)[C@H]3[C@@](O)(C(=O)OC)[C@H](OC(C)=O)[C@]5(CC)C=CCN6CC[C@]43[C@@H]65)C2)C1. The van der Waals surface area contributed by atoms with E-state index in [4.69, 9.17) is 18.9 Å². The van der Waals surface area contributed by atoms with Gasteiger partial charge in [-0.3, -0.25) is 19.4 Å². The zero-order valence-corrected chi connectivity index (χ0v) is 40.2. The van der Waals surface area contributed by atoms with Crippen LogP contribution in [0, 0.1) is 11.3 Å². The van der Waals surface area contributed by atoms with E-state index < -0.39 is 57.5 Å². The van der Waals surface area contributed by atoms with E-state index in [1.807, 2.05) is 80.4 Å². The van der Waals surface area contributed by atoms with Gasteiger partial charge in [-0.15, -0.1) is 0 Å². The second-order valence-electron chi connectivity index (χ2n) is 20.4. The summed E-state index contributed by atoms with van der Waals surface area (Å²) in [6.45, 7) is 8.35. The van der Waals surface area contributed by atoms with E-state index in [-0.39, 0.29) is 25.0 Å². The summed E-state index contributed by atoms with van der Waals surface area (Å²) in [7, 11) is 6.12. The Morgan fingerprint density at radius 3 is 2.32 bits per heavy atom. The molecule has 1 unspecified atom stereocenters. The van der Waals surface area contributed by atoms with E-state index in [1.165, 1.54) is 21.1 Å². The van der Waals surface area contributed by atoms with Crippen molar-refractivity contribution >= 4 is 45.9 Å². The molecular weight excluding hydrogens is 867 g/mol. The highest BCUT2D eigenvalue weighted by Crippen LogP contribution is 2.68. The molecular formula is C53H65N5O10. The molecule has 3 fully saturated rings. The van der Waals surface area contributed by atoms with Crippen molar-refractivity contribution in [3.05, 3.63) is 94.7 Å². The van der Waals surface area contributed by atoms with E-state index in [0.29, 0.717) is 81.8 Å². The summed E-state index contributed by atoms with van der Waals surface area (Å²) in [4.78, 5) is 53.8. The number of piperidine rings is 1. The summed E-state index contributed by atoms with van der Waals surface area (Å²) in [5, 5.41) is 39.7. The van der Waals surface area contributed by atoms with Gasteiger partial charge in [0.05, 0.1) is 39.6 Å². The number of anilines is 3. The Labute approximate surface area is 397 Å². The molecule has 68 heavy (non-hydrogen) atoms. The highest BCUT2D eigenvalue weighted by atomic mass is 16.6. The number of aliphatic hydroxyl groups is 3. The van der Waals surface area contributed by atoms with E-state index in [2.05, 4.69) is 32.2 Å². The van der Waals surface area contributed by atoms with Crippen molar-refractivity contribution in [1.29, 1.82) is 0 Å². The number of aliphatic hydroxyl groups excluding tert-OH is 1. The number of ether oxygens (including phenoxy) is 4. The Bertz CT molecular complexity index is 2700. The maximum Gasteiger partial charge on any atom is 0.344 e. The number of hydrogen-bond acceptors (Lipinski definition) is 14. The van der Waals surface area contributed by atoms with Crippen molar-refractivity contribution in [2.75, 3.05) is 71.3 Å². The smallest absolute Gasteiger partial charge is 0.344 e. The minimum atomic E-state index is -2.34. The van der Waals surface area contributed by atoms with Crippen molar-refractivity contribution in [2.45, 2.75) is 106 Å². The van der Waals surface area contributed by atoms with Crippen LogP contribution in [-0.4, -0.2) is 139 Å². The van der Waals surface area contributed by atoms with Crippen molar-refractivity contribution in [1.82, 2.24) is 14.8 Å². The van der Waals surface area contributed by atoms with E-state index >= 15 is 4.79 Å². The van der Waals surface area contributed by atoms with Crippen molar-refractivity contribution in [3.8, 4) is 5.75 Å². The van der Waals surface area contributed by atoms with Crippen LogP contribution in [0.2, 0.25) is 0 Å². The van der Waals surface area contributed by atoms with Gasteiger partial charge in [0.15, 0.2) is 6.10 Å². The average Bonchev–Trinajstić information content (AvgIpc) is 4.00. The first-order valence-electron chi connectivity index (χ1n) is 24.1. The summed E-state index contributed by atoms with van der Waals surface area (Å²) >= 11 is 0. The highest BCUT2D eigenvalue weighted by molar-refractivity contribution is 5.96. The number of likely N-dealkylation sites (N-methyl/N-ethyl adjacent to an activating group) is 1. The molecule has 2 saturated heterocycles. The van der Waals surface area contributed by atoms with Crippen LogP contribution in [0.1, 0.15) is 80.8 Å². The van der Waals surface area contributed by atoms with Crippen LogP contribution in [0.25, 0.3) is 10.9 Å². The summed E-state index contributed by atoms with van der Waals surface area (Å²) in [6, 6.07) is 16.5. The predicted molar refractivity (Wildman–Crippen MR) is 256 cm³/mol. The number of nitrogens with zero attached hydrogens (tertiary/aromatic N) is 3. The van der Waals surface area contributed by atoms with Gasteiger partial charge in [-0.2, -0.15) is 0 Å². The molecule has 1 aromatic heterocycles. The number of hydrogen-bond donors (Lipinski definition) is 5. The number of esters is 3. The fourth-order valence-electron chi connectivity index (χ4n) is 14.5. The lowest BCUT2D eigenvalue weighted by molar-refractivity contribution is -0.228. The fraction of sp³-hybridized carbons (Fsp3) is 0.528. The Balaban J connectivity index is 1.24. The van der Waals surface area contributed by atoms with Gasteiger partial charge in [-0.25, -0.2) is 4.79 Å². The van der Waals surface area contributed by atoms with Crippen molar-refractivity contribution in [2.24, 2.45) is 11.3 Å². The molecule has 1 saturated carbocycles. The first-order chi connectivity index (χ1) is 32.6. The minimum absolute atomic E-state index is 0.0490. The molecule has 0 amide bonds. The molecule has 362 valence electrons. The summed E-state index contributed by atoms with van der Waals surface area (Å²) < 4.78 is 24.2. The quantitative estimate of drug-likeness (QED) is 0.0792. The van der Waals surface area contributed by atoms with Gasteiger partial charge >= 0.3 is 17.9 Å². The Hall–Kier alpha value is -5.45. The first kappa shape index (κ1) is 46.3. The highest BCUT2D eigenvalue weighted by Gasteiger charge is 2.80. The second-order valence-corrected chi connectivity index (χ2v) is 20.4. The van der Waals surface area contributed by atoms with Crippen LogP contribution in [0.3, 0.4) is 0 Å². The Morgan fingerprint density at radius 1 is 0.897 bits per heavy atom. The summed E-state index contributed by atoms with van der Waals surface area (Å²) in [5.41, 5.74) is 0.339. The second kappa shape index (κ2) is 16.6. The maximum atomic E-state index is 15.7. The minimum Gasteiger partial charge on any atom is -0.496 e. The van der Waals surface area contributed by atoms with Gasteiger partial charge < -0.3 is 49.5 Å². The number of methoxy groups -OCH3 is 3. The van der Waals surface area contributed by atoms with Crippen molar-refractivity contribution in [3.63, 3.8) is 0 Å². The van der Waals surface area contributed by atoms with Gasteiger partial charge in [0.2, 0.25) is 5.60 Å². The molecule has 10 rings (SSSR count). The Kier molecular flexibility index (Phi) is 11.3. The van der Waals surface area contributed by atoms with E-state index in [1.54, 1.807) is 7.11 Å². The summed E-state index contributed by atoms with van der Waals surface area (Å²) in [5.74, 6) is -1.72. The lowest BCUT2D eigenvalue weighted by Crippen LogP contribution is -2.81. The van der Waals surface area contributed by atoms with Crippen LogP contribution >= 0.6 is 0 Å². The largest absolute Gasteiger partial charge is 0.496 e. The molecule has 2 bridgehead atoms. The first-order valence-corrected chi connectivity index (χ1v) is 24.1. The average molecular weight is 932 g/mol. The topological polar surface area (TPSA) is 186 Å². The number of fused-ring (bicyclic) bond motifs is 6. The number of H-pyrrole nitrogens is 1. The molecule has 10 atom stereocenters. The monoisotopic (exact) mass is 931 g/mol. The third-order valence-corrected chi connectivity index (χ3v) is 17.1. The number of aromatic nitrogens is 1. The van der Waals surface area contributed by atoms with Crippen LogP contribution < -0.4 is 15.0 Å². The molecule has 5 N–H and O–H groups in total. The molecule has 15 heteroatoms. The van der Waals surface area contributed by atoms with Gasteiger partial charge in [-0.05, 0) is 104 Å². The molecule has 3 aromatic carbocycles. The molecule has 1 aliphatic carbocycles. The van der Waals surface area contributed by atoms with Crippen molar-refractivity contribution < 1.29 is 48.7 Å². The molecule has 1 spiro atoms. The molecule has 0 radical (unpaired) electrons. The third-order valence-electron chi connectivity index (χ3n) is 17.1. The maximum absolute atomic E-state index is 15.7. The van der Waals surface area contributed by atoms with Crippen LogP contribution in [0.4, 0.5) is 17.1 Å². The van der Waals surface area contributed by atoms with E-state index in [9.17, 15) is 24.9 Å². The van der Waals surface area contributed by atoms with Crippen LogP contribution in [-0.2, 0) is 52.5 Å².